The number of aliphatic hydroxyl groups is 1. The summed E-state index contributed by atoms with van der Waals surface area (Å²) in [5, 5.41) is 12.5. The summed E-state index contributed by atoms with van der Waals surface area (Å²) in [5.74, 6) is 0.916. The van der Waals surface area contributed by atoms with Gasteiger partial charge in [0.2, 0.25) is 5.91 Å². The van der Waals surface area contributed by atoms with Crippen LogP contribution >= 0.6 is 0 Å². The molecule has 1 heterocycles. The van der Waals surface area contributed by atoms with Crippen molar-refractivity contribution in [3.05, 3.63) is 0 Å². The number of carbonyl (C=O) groups is 1. The highest BCUT2D eigenvalue weighted by Crippen LogP contribution is 2.26. The summed E-state index contributed by atoms with van der Waals surface area (Å²) in [6, 6.07) is 0.411. The molecule has 104 valence electrons. The molecule has 2 N–H and O–H groups in total. The van der Waals surface area contributed by atoms with Crippen molar-refractivity contribution in [2.45, 2.75) is 51.0 Å². The first-order valence-electron chi connectivity index (χ1n) is 7.42. The van der Waals surface area contributed by atoms with Gasteiger partial charge in [0, 0.05) is 19.0 Å². The Morgan fingerprint density at radius 1 is 1.28 bits per heavy atom. The van der Waals surface area contributed by atoms with Gasteiger partial charge >= 0.3 is 0 Å². The third-order valence-corrected chi connectivity index (χ3v) is 4.34. The summed E-state index contributed by atoms with van der Waals surface area (Å²) in [7, 11) is 0. The van der Waals surface area contributed by atoms with E-state index in [0.717, 1.165) is 32.4 Å². The molecule has 2 aliphatic rings. The fourth-order valence-electron chi connectivity index (χ4n) is 2.96. The number of nitrogens with zero attached hydrogens (tertiary/aromatic N) is 1. The zero-order chi connectivity index (χ0) is 12.8. The number of piperidine rings is 1. The largest absolute Gasteiger partial charge is 0.395 e. The van der Waals surface area contributed by atoms with Crippen molar-refractivity contribution in [3.63, 3.8) is 0 Å². The number of aliphatic hydroxyl groups excluding tert-OH is 1. The van der Waals surface area contributed by atoms with E-state index >= 15 is 0 Å². The van der Waals surface area contributed by atoms with Gasteiger partial charge in [0.1, 0.15) is 0 Å². The normalized spacial score (nSPS) is 24.6. The average Bonchev–Trinajstić information content (AvgIpc) is 2.34. The van der Waals surface area contributed by atoms with Crippen LogP contribution in [0, 0.1) is 5.92 Å². The van der Waals surface area contributed by atoms with Crippen LogP contribution in [0.3, 0.4) is 0 Å². The van der Waals surface area contributed by atoms with Gasteiger partial charge in [0.15, 0.2) is 0 Å². The molecule has 18 heavy (non-hydrogen) atoms. The van der Waals surface area contributed by atoms with Crippen LogP contribution in [0.25, 0.3) is 0 Å². The van der Waals surface area contributed by atoms with Crippen LogP contribution in [-0.2, 0) is 4.79 Å². The fourth-order valence-corrected chi connectivity index (χ4v) is 2.96. The van der Waals surface area contributed by atoms with Crippen LogP contribution < -0.4 is 5.32 Å². The molecule has 0 aromatic heterocycles. The highest BCUT2D eigenvalue weighted by Gasteiger charge is 2.28. The Hall–Kier alpha value is -0.610. The van der Waals surface area contributed by atoms with Crippen LogP contribution in [0.1, 0.15) is 44.9 Å². The van der Waals surface area contributed by atoms with Crippen LogP contribution in [0.2, 0.25) is 0 Å². The third kappa shape index (κ3) is 3.69. The zero-order valence-electron chi connectivity index (χ0n) is 11.2. The third-order valence-electron chi connectivity index (χ3n) is 4.34. The molecule has 4 heteroatoms. The van der Waals surface area contributed by atoms with Gasteiger partial charge in [0.05, 0.1) is 6.61 Å². The first kappa shape index (κ1) is 13.8. The molecule has 4 nitrogen and oxygen atoms in total. The number of nitrogens with one attached hydrogen (secondary N) is 1. The smallest absolute Gasteiger partial charge is 0.222 e. The van der Waals surface area contributed by atoms with Crippen LogP contribution in [-0.4, -0.2) is 48.2 Å². The maximum Gasteiger partial charge on any atom is 0.222 e. The van der Waals surface area contributed by atoms with Crippen molar-refractivity contribution in [1.29, 1.82) is 0 Å². The van der Waals surface area contributed by atoms with E-state index < -0.39 is 0 Å². The minimum absolute atomic E-state index is 0.0905. The Kier molecular flexibility index (Phi) is 5.45. The molecule has 1 aliphatic heterocycles. The lowest BCUT2D eigenvalue weighted by molar-refractivity contribution is -0.136. The molecule has 0 radical (unpaired) electrons. The second kappa shape index (κ2) is 7.10. The Labute approximate surface area is 110 Å². The Balaban J connectivity index is 1.73. The molecule has 0 bridgehead atoms. The molecule has 0 spiro atoms. The number of amides is 1. The molecule has 0 aromatic carbocycles. The second-order valence-corrected chi connectivity index (χ2v) is 5.65. The Morgan fingerprint density at radius 3 is 2.67 bits per heavy atom. The average molecular weight is 254 g/mol. The minimum Gasteiger partial charge on any atom is -0.395 e. The highest BCUT2D eigenvalue weighted by molar-refractivity contribution is 5.76. The molecule has 1 atom stereocenters. The van der Waals surface area contributed by atoms with E-state index in [1.54, 1.807) is 0 Å². The molecule has 2 fully saturated rings. The summed E-state index contributed by atoms with van der Waals surface area (Å²) in [5.41, 5.74) is 0. The highest BCUT2D eigenvalue weighted by atomic mass is 16.3. The number of carbonyl (C=O) groups excluding carboxylic acids is 1. The van der Waals surface area contributed by atoms with Crippen molar-refractivity contribution in [2.24, 2.45) is 5.92 Å². The quantitative estimate of drug-likeness (QED) is 0.747. The summed E-state index contributed by atoms with van der Waals surface area (Å²) in [6.07, 6.45) is 7.62. The Morgan fingerprint density at radius 2 is 2.11 bits per heavy atom. The fraction of sp³-hybridized carbons (Fsp3) is 0.929. The molecule has 0 aromatic rings. The van der Waals surface area contributed by atoms with Gasteiger partial charge in [-0.15, -0.1) is 0 Å². The van der Waals surface area contributed by atoms with E-state index in [4.69, 9.17) is 5.11 Å². The predicted octanol–water partition coefficient (Wildman–Crippen LogP) is 1.14. The van der Waals surface area contributed by atoms with Crippen LogP contribution in [0.15, 0.2) is 0 Å². The zero-order valence-corrected chi connectivity index (χ0v) is 11.2. The van der Waals surface area contributed by atoms with E-state index in [2.05, 4.69) is 5.32 Å². The number of hydrogen-bond donors (Lipinski definition) is 2. The minimum atomic E-state index is 0.0905. The lowest BCUT2D eigenvalue weighted by atomic mass is 9.90. The molecule has 2 rings (SSSR count). The van der Waals surface area contributed by atoms with Crippen molar-refractivity contribution in [2.75, 3.05) is 26.2 Å². The Bertz CT molecular complexity index is 261. The van der Waals surface area contributed by atoms with Crippen molar-refractivity contribution in [3.8, 4) is 0 Å². The maximum absolute atomic E-state index is 12.2. The van der Waals surface area contributed by atoms with Gasteiger partial charge in [-0.05, 0) is 57.5 Å². The van der Waals surface area contributed by atoms with Crippen LogP contribution in [0.5, 0.6) is 0 Å². The topological polar surface area (TPSA) is 52.6 Å². The van der Waals surface area contributed by atoms with Crippen molar-refractivity contribution < 1.29 is 9.90 Å². The summed E-state index contributed by atoms with van der Waals surface area (Å²) in [6.45, 7) is 2.81. The first-order valence-corrected chi connectivity index (χ1v) is 7.42. The monoisotopic (exact) mass is 254 g/mol. The van der Waals surface area contributed by atoms with E-state index in [1.807, 2.05) is 4.90 Å². The SMILES string of the molecule is O=C(CCC1CCCNC1)N(CCO)C1CCC1. The summed E-state index contributed by atoms with van der Waals surface area (Å²) in [4.78, 5) is 14.1. The lowest BCUT2D eigenvalue weighted by Crippen LogP contribution is -2.45. The molecule has 1 saturated carbocycles. The second-order valence-electron chi connectivity index (χ2n) is 5.65. The van der Waals surface area contributed by atoms with Gasteiger partial charge in [-0.1, -0.05) is 0 Å². The van der Waals surface area contributed by atoms with Gasteiger partial charge in [-0.3, -0.25) is 4.79 Å². The summed E-state index contributed by atoms with van der Waals surface area (Å²) >= 11 is 0. The molecular weight excluding hydrogens is 228 g/mol. The van der Waals surface area contributed by atoms with Gasteiger partial charge in [-0.25, -0.2) is 0 Å². The van der Waals surface area contributed by atoms with E-state index in [1.165, 1.54) is 19.3 Å². The van der Waals surface area contributed by atoms with Crippen LogP contribution in [0.4, 0.5) is 0 Å². The van der Waals surface area contributed by atoms with Gasteiger partial charge < -0.3 is 15.3 Å². The molecule has 1 saturated heterocycles. The number of hydrogen-bond acceptors (Lipinski definition) is 3. The van der Waals surface area contributed by atoms with Crippen molar-refractivity contribution in [1.82, 2.24) is 10.2 Å². The first-order chi connectivity index (χ1) is 8.81. The molecule has 1 unspecified atom stereocenters. The maximum atomic E-state index is 12.2. The molecule has 1 aliphatic carbocycles. The van der Waals surface area contributed by atoms with Gasteiger partial charge in [-0.2, -0.15) is 0 Å². The van der Waals surface area contributed by atoms with E-state index in [-0.39, 0.29) is 12.5 Å². The molecular formula is C14H26N2O2. The predicted molar refractivity (Wildman–Crippen MR) is 71.3 cm³/mol. The van der Waals surface area contributed by atoms with E-state index in [9.17, 15) is 4.79 Å². The van der Waals surface area contributed by atoms with Crippen molar-refractivity contribution >= 4 is 5.91 Å². The standard InChI is InChI=1S/C14H26N2O2/c17-10-9-16(13-4-1-5-13)14(18)7-6-12-3-2-8-15-11-12/h12-13,15,17H,1-11H2. The summed E-state index contributed by atoms with van der Waals surface area (Å²) < 4.78 is 0. The lowest BCUT2D eigenvalue weighted by Gasteiger charge is -2.37. The van der Waals surface area contributed by atoms with E-state index in [0.29, 0.717) is 24.9 Å². The molecule has 1 amide bonds. The van der Waals surface area contributed by atoms with Gasteiger partial charge in [0.25, 0.3) is 0 Å². The number of rotatable bonds is 6.